The molecule has 0 aliphatic carbocycles. The van der Waals surface area contributed by atoms with E-state index < -0.39 is 17.5 Å². The van der Waals surface area contributed by atoms with Crippen LogP contribution in [-0.2, 0) is 4.79 Å². The molecule has 8 heteroatoms. The van der Waals surface area contributed by atoms with Gasteiger partial charge in [-0.1, -0.05) is 0 Å². The highest BCUT2D eigenvalue weighted by molar-refractivity contribution is 9.10. The van der Waals surface area contributed by atoms with Crippen LogP contribution in [0.4, 0.5) is 5.69 Å². The molecule has 0 fully saturated rings. The van der Waals surface area contributed by atoms with Gasteiger partial charge in [0.15, 0.2) is 6.61 Å². The lowest BCUT2D eigenvalue weighted by Gasteiger charge is -2.04. The number of pyridine rings is 1. The van der Waals surface area contributed by atoms with Crippen LogP contribution in [0.3, 0.4) is 0 Å². The van der Waals surface area contributed by atoms with Gasteiger partial charge in [-0.15, -0.1) is 0 Å². The van der Waals surface area contributed by atoms with Gasteiger partial charge in [0.25, 0.3) is 0 Å². The number of rotatable bonds is 4. The summed E-state index contributed by atoms with van der Waals surface area (Å²) in [5.74, 6) is -1.36. The third-order valence-corrected chi connectivity index (χ3v) is 1.94. The Morgan fingerprint density at radius 2 is 2.33 bits per heavy atom. The molecule has 0 atom stereocenters. The van der Waals surface area contributed by atoms with Gasteiger partial charge in [0.2, 0.25) is 5.75 Å². The normalized spacial score (nSPS) is 9.67. The fourth-order valence-electron chi connectivity index (χ4n) is 0.820. The van der Waals surface area contributed by atoms with Crippen molar-refractivity contribution in [1.82, 2.24) is 4.98 Å². The zero-order chi connectivity index (χ0) is 11.4. The van der Waals surface area contributed by atoms with Crippen molar-refractivity contribution >= 4 is 27.6 Å². The summed E-state index contributed by atoms with van der Waals surface area (Å²) in [7, 11) is 0. The topological polar surface area (TPSA) is 103 Å². The molecule has 80 valence electrons. The van der Waals surface area contributed by atoms with Crippen molar-refractivity contribution in [2.45, 2.75) is 0 Å². The molecule has 1 aromatic rings. The molecule has 0 aliphatic rings. The van der Waals surface area contributed by atoms with Crippen LogP contribution in [0, 0.1) is 10.1 Å². The number of carbonyl (C=O) groups is 1. The fourth-order valence-corrected chi connectivity index (χ4v) is 1.26. The minimum absolute atomic E-state index is 0.141. The zero-order valence-electron chi connectivity index (χ0n) is 7.21. The summed E-state index contributed by atoms with van der Waals surface area (Å²) < 4.78 is 5.00. The van der Waals surface area contributed by atoms with Crippen molar-refractivity contribution in [3.05, 3.63) is 27.0 Å². The Bertz CT molecular complexity index is 408. The first-order valence-electron chi connectivity index (χ1n) is 3.65. The van der Waals surface area contributed by atoms with Gasteiger partial charge in [-0.2, -0.15) is 0 Å². The number of nitrogens with zero attached hydrogens (tertiary/aromatic N) is 2. The Morgan fingerprint density at radius 3 is 2.87 bits per heavy atom. The van der Waals surface area contributed by atoms with Crippen molar-refractivity contribution in [3.63, 3.8) is 0 Å². The molecule has 0 bridgehead atoms. The second-order valence-electron chi connectivity index (χ2n) is 2.41. The lowest BCUT2D eigenvalue weighted by Crippen LogP contribution is -2.11. The van der Waals surface area contributed by atoms with Crippen molar-refractivity contribution in [2.75, 3.05) is 6.61 Å². The van der Waals surface area contributed by atoms with Gasteiger partial charge in [0.05, 0.1) is 9.40 Å². The molecule has 1 rings (SSSR count). The molecule has 0 unspecified atom stereocenters. The van der Waals surface area contributed by atoms with Crippen LogP contribution in [0.25, 0.3) is 0 Å². The third kappa shape index (κ3) is 2.88. The Balaban J connectivity index is 3.02. The van der Waals surface area contributed by atoms with Gasteiger partial charge in [-0.25, -0.2) is 4.79 Å². The highest BCUT2D eigenvalue weighted by atomic mass is 79.9. The highest BCUT2D eigenvalue weighted by Gasteiger charge is 2.19. The fraction of sp³-hybridized carbons (Fsp3) is 0.143. The molecule has 15 heavy (non-hydrogen) atoms. The summed E-state index contributed by atoms with van der Waals surface area (Å²) >= 11 is 2.98. The van der Waals surface area contributed by atoms with Crippen molar-refractivity contribution in [3.8, 4) is 5.75 Å². The first kappa shape index (κ1) is 11.4. The molecular formula is C7H5BrN2O5. The molecule has 0 spiro atoms. The Morgan fingerprint density at radius 1 is 1.67 bits per heavy atom. The molecule has 7 nitrogen and oxygen atoms in total. The predicted molar refractivity (Wildman–Crippen MR) is 51.7 cm³/mol. The molecule has 0 aromatic carbocycles. The van der Waals surface area contributed by atoms with Gasteiger partial charge in [0.1, 0.15) is 6.20 Å². The van der Waals surface area contributed by atoms with Gasteiger partial charge in [0, 0.05) is 6.20 Å². The zero-order valence-corrected chi connectivity index (χ0v) is 8.80. The van der Waals surface area contributed by atoms with E-state index in [1.807, 2.05) is 0 Å². The molecule has 1 aromatic heterocycles. The number of halogens is 1. The van der Waals surface area contributed by atoms with E-state index in [2.05, 4.69) is 20.9 Å². The number of carboxylic acids is 1. The summed E-state index contributed by atoms with van der Waals surface area (Å²) in [5.41, 5.74) is -0.384. The average Bonchev–Trinajstić information content (AvgIpc) is 2.15. The summed E-state index contributed by atoms with van der Waals surface area (Å²) in [6, 6.07) is 0. The van der Waals surface area contributed by atoms with Crippen molar-refractivity contribution in [2.24, 2.45) is 0 Å². The summed E-state index contributed by atoms with van der Waals surface area (Å²) in [5, 5.41) is 18.9. The Labute approximate surface area is 92.0 Å². The van der Waals surface area contributed by atoms with E-state index >= 15 is 0 Å². The van der Waals surface area contributed by atoms with Gasteiger partial charge >= 0.3 is 11.7 Å². The number of hydrogen-bond acceptors (Lipinski definition) is 5. The van der Waals surface area contributed by atoms with E-state index in [-0.39, 0.29) is 15.9 Å². The Hall–Kier alpha value is -1.70. The van der Waals surface area contributed by atoms with E-state index in [4.69, 9.17) is 9.84 Å². The molecule has 1 N–H and O–H groups in total. The molecule has 0 saturated heterocycles. The number of nitro groups is 1. The minimum atomic E-state index is -1.21. The van der Waals surface area contributed by atoms with Crippen molar-refractivity contribution in [1.29, 1.82) is 0 Å². The van der Waals surface area contributed by atoms with Crippen LogP contribution in [0.2, 0.25) is 0 Å². The van der Waals surface area contributed by atoms with Gasteiger partial charge in [-0.3, -0.25) is 15.1 Å². The van der Waals surface area contributed by atoms with Crippen LogP contribution in [0.1, 0.15) is 0 Å². The van der Waals surface area contributed by atoms with E-state index in [1.54, 1.807) is 0 Å². The first-order valence-corrected chi connectivity index (χ1v) is 4.44. The monoisotopic (exact) mass is 276 g/mol. The Kier molecular flexibility index (Phi) is 3.56. The second-order valence-corrected chi connectivity index (χ2v) is 3.26. The van der Waals surface area contributed by atoms with Gasteiger partial charge in [-0.05, 0) is 15.9 Å². The maximum atomic E-state index is 10.5. The van der Waals surface area contributed by atoms with Crippen LogP contribution < -0.4 is 4.74 Å². The van der Waals surface area contributed by atoms with Crippen LogP contribution in [-0.4, -0.2) is 27.6 Å². The molecule has 0 aliphatic heterocycles. The molecule has 0 amide bonds. The number of aliphatic carboxylic acids is 1. The van der Waals surface area contributed by atoms with Crippen LogP contribution in [0.5, 0.6) is 5.75 Å². The lowest BCUT2D eigenvalue weighted by molar-refractivity contribution is -0.386. The smallest absolute Gasteiger partial charge is 0.341 e. The van der Waals surface area contributed by atoms with Crippen LogP contribution in [0.15, 0.2) is 16.9 Å². The first-order chi connectivity index (χ1) is 7.02. The third-order valence-electron chi connectivity index (χ3n) is 1.37. The average molecular weight is 277 g/mol. The van der Waals surface area contributed by atoms with Crippen molar-refractivity contribution < 1.29 is 19.6 Å². The van der Waals surface area contributed by atoms with E-state index in [1.165, 1.54) is 6.20 Å². The lowest BCUT2D eigenvalue weighted by atomic mass is 10.4. The number of hydrogen-bond donors (Lipinski definition) is 1. The number of ether oxygens (including phenoxy) is 1. The summed E-state index contributed by atoms with van der Waals surface area (Å²) in [6.07, 6.45) is 2.27. The molecule has 1 heterocycles. The second kappa shape index (κ2) is 4.69. The maximum Gasteiger partial charge on any atom is 0.341 e. The molecule has 0 saturated carbocycles. The van der Waals surface area contributed by atoms with E-state index in [0.717, 1.165) is 6.20 Å². The molecular weight excluding hydrogens is 272 g/mol. The standard InChI is InChI=1S/C7H5BrN2O5/c8-4-1-9-2-5(10(13)14)7(4)15-3-6(11)12/h1-2H,3H2,(H,11,12). The summed E-state index contributed by atoms with van der Waals surface area (Å²) in [4.78, 5) is 23.7. The quantitative estimate of drug-likeness (QED) is 0.655. The predicted octanol–water partition coefficient (Wildman–Crippen LogP) is 1.22. The number of aromatic nitrogens is 1. The van der Waals surface area contributed by atoms with Crippen LogP contribution >= 0.6 is 15.9 Å². The van der Waals surface area contributed by atoms with E-state index in [0.29, 0.717) is 0 Å². The number of carboxylic acid groups (broad SMARTS) is 1. The minimum Gasteiger partial charge on any atom is -0.479 e. The maximum absolute atomic E-state index is 10.5. The summed E-state index contributed by atoms with van der Waals surface area (Å²) in [6.45, 7) is -0.649. The largest absolute Gasteiger partial charge is 0.479 e. The SMILES string of the molecule is O=C(O)COc1c(Br)cncc1[N+](=O)[O-]. The molecule has 0 radical (unpaired) electrons. The highest BCUT2D eigenvalue weighted by Crippen LogP contribution is 2.33. The van der Waals surface area contributed by atoms with E-state index in [9.17, 15) is 14.9 Å². The van der Waals surface area contributed by atoms with Gasteiger partial charge < -0.3 is 9.84 Å².